The molecule has 0 aliphatic carbocycles. The maximum absolute atomic E-state index is 13.7. The number of anilines is 1. The van der Waals surface area contributed by atoms with E-state index in [1.165, 1.54) is 23.1 Å². The molecule has 0 spiro atoms. The first-order valence-electron chi connectivity index (χ1n) is 10.7. The highest BCUT2D eigenvalue weighted by molar-refractivity contribution is 7.92. The third-order valence-corrected chi connectivity index (χ3v) is 7.45. The van der Waals surface area contributed by atoms with E-state index < -0.39 is 28.5 Å². The fraction of sp³-hybridized carbons (Fsp3) is 0.391. The molecule has 0 bridgehead atoms. The number of carbonyl (C=O) groups is 2. The molecule has 1 unspecified atom stereocenters. The van der Waals surface area contributed by atoms with Crippen molar-refractivity contribution in [3.63, 3.8) is 0 Å². The largest absolute Gasteiger partial charge is 0.352 e. The lowest BCUT2D eigenvalue weighted by atomic mass is 10.1. The minimum absolute atomic E-state index is 0.0467. The average Bonchev–Trinajstić information content (AvgIpc) is 2.74. The van der Waals surface area contributed by atoms with Gasteiger partial charge >= 0.3 is 0 Å². The van der Waals surface area contributed by atoms with Crippen LogP contribution in [0.1, 0.15) is 32.8 Å². The molecular weight excluding hydrogens is 556 g/mol. The molecule has 0 radical (unpaired) electrons. The van der Waals surface area contributed by atoms with Crippen molar-refractivity contribution in [3.8, 4) is 0 Å². The lowest BCUT2D eigenvalue weighted by Gasteiger charge is -2.33. The standard InChI is InChI=1S/C23H27Cl4N3O4S/c1-5-20(23(32)28-14(2)3)29(12-16-17(25)7-6-8-18(16)26)22(31)13-30(35(4,33)34)21-11-15(24)9-10-19(21)27/h6-11,14,20H,5,12-13H2,1-4H3,(H,28,32). The summed E-state index contributed by atoms with van der Waals surface area (Å²) in [6, 6.07) is 8.12. The Kier molecular flexibility index (Phi) is 10.5. The van der Waals surface area contributed by atoms with Crippen molar-refractivity contribution in [1.82, 2.24) is 10.2 Å². The van der Waals surface area contributed by atoms with Crippen LogP contribution in [0.5, 0.6) is 0 Å². The van der Waals surface area contributed by atoms with E-state index >= 15 is 0 Å². The summed E-state index contributed by atoms with van der Waals surface area (Å²) in [5.41, 5.74) is 0.483. The van der Waals surface area contributed by atoms with Crippen LogP contribution in [-0.2, 0) is 26.2 Å². The number of benzene rings is 2. The Bertz CT molecular complexity index is 1170. The smallest absolute Gasteiger partial charge is 0.244 e. The van der Waals surface area contributed by atoms with Crippen molar-refractivity contribution in [2.24, 2.45) is 0 Å². The normalized spacial score (nSPS) is 12.4. The van der Waals surface area contributed by atoms with Crippen molar-refractivity contribution in [1.29, 1.82) is 0 Å². The van der Waals surface area contributed by atoms with Crippen LogP contribution in [0.25, 0.3) is 0 Å². The van der Waals surface area contributed by atoms with Gasteiger partial charge in [0, 0.05) is 33.2 Å². The number of amides is 2. The molecule has 0 aliphatic rings. The molecule has 192 valence electrons. The molecule has 2 amide bonds. The van der Waals surface area contributed by atoms with Crippen LogP contribution in [0.4, 0.5) is 5.69 Å². The predicted molar refractivity (Wildman–Crippen MR) is 143 cm³/mol. The van der Waals surface area contributed by atoms with Crippen molar-refractivity contribution in [2.75, 3.05) is 17.1 Å². The third kappa shape index (κ3) is 7.89. The van der Waals surface area contributed by atoms with E-state index in [9.17, 15) is 18.0 Å². The van der Waals surface area contributed by atoms with Crippen molar-refractivity contribution in [3.05, 3.63) is 62.1 Å². The molecule has 0 saturated heterocycles. The monoisotopic (exact) mass is 581 g/mol. The van der Waals surface area contributed by atoms with Crippen LogP contribution in [0.15, 0.2) is 36.4 Å². The van der Waals surface area contributed by atoms with Crippen LogP contribution < -0.4 is 9.62 Å². The van der Waals surface area contributed by atoms with Crippen LogP contribution in [-0.4, -0.2) is 50.0 Å². The van der Waals surface area contributed by atoms with E-state index in [4.69, 9.17) is 46.4 Å². The Morgan fingerprint density at radius 1 is 1.00 bits per heavy atom. The molecule has 12 heteroatoms. The van der Waals surface area contributed by atoms with Gasteiger partial charge in [-0.1, -0.05) is 59.4 Å². The van der Waals surface area contributed by atoms with Gasteiger partial charge < -0.3 is 10.2 Å². The quantitative estimate of drug-likeness (QED) is 0.406. The molecule has 0 aliphatic heterocycles. The highest BCUT2D eigenvalue weighted by atomic mass is 35.5. The molecule has 2 aromatic rings. The zero-order valence-corrected chi connectivity index (χ0v) is 23.5. The number of hydrogen-bond donors (Lipinski definition) is 1. The summed E-state index contributed by atoms with van der Waals surface area (Å²) in [5, 5.41) is 3.77. The molecule has 2 rings (SSSR count). The second-order valence-electron chi connectivity index (χ2n) is 8.17. The number of rotatable bonds is 10. The zero-order chi connectivity index (χ0) is 26.5. The van der Waals surface area contributed by atoms with Gasteiger partial charge in [0.25, 0.3) is 0 Å². The fourth-order valence-electron chi connectivity index (χ4n) is 3.43. The van der Waals surface area contributed by atoms with Crippen LogP contribution in [0.3, 0.4) is 0 Å². The molecule has 1 atom stereocenters. The van der Waals surface area contributed by atoms with E-state index in [1.54, 1.807) is 39.0 Å². The van der Waals surface area contributed by atoms with Gasteiger partial charge in [0.1, 0.15) is 12.6 Å². The molecule has 0 heterocycles. The third-order valence-electron chi connectivity index (χ3n) is 5.06. The van der Waals surface area contributed by atoms with Gasteiger partial charge in [0.15, 0.2) is 0 Å². The first-order chi connectivity index (χ1) is 16.3. The summed E-state index contributed by atoms with van der Waals surface area (Å²) in [6.07, 6.45) is 1.22. The van der Waals surface area contributed by atoms with E-state index in [0.717, 1.165) is 10.6 Å². The summed E-state index contributed by atoms with van der Waals surface area (Å²) < 4.78 is 26.2. The van der Waals surface area contributed by atoms with Crippen molar-refractivity contribution < 1.29 is 18.0 Å². The summed E-state index contributed by atoms with van der Waals surface area (Å²) in [6.45, 7) is 4.62. The second kappa shape index (κ2) is 12.5. The summed E-state index contributed by atoms with van der Waals surface area (Å²) in [4.78, 5) is 27.9. The van der Waals surface area contributed by atoms with Gasteiger partial charge in [-0.2, -0.15) is 0 Å². The van der Waals surface area contributed by atoms with Crippen molar-refractivity contribution >= 4 is 73.9 Å². The Hall–Kier alpha value is -1.71. The zero-order valence-electron chi connectivity index (χ0n) is 19.7. The van der Waals surface area contributed by atoms with Crippen LogP contribution in [0.2, 0.25) is 20.1 Å². The Morgan fingerprint density at radius 2 is 1.60 bits per heavy atom. The van der Waals surface area contributed by atoms with Crippen LogP contribution in [0, 0.1) is 0 Å². The fourth-order valence-corrected chi connectivity index (χ4v) is 5.23. The average molecular weight is 583 g/mol. The molecule has 0 saturated carbocycles. The first-order valence-corrected chi connectivity index (χ1v) is 14.1. The van der Waals surface area contributed by atoms with E-state index in [1.807, 2.05) is 0 Å². The van der Waals surface area contributed by atoms with Gasteiger partial charge in [-0.3, -0.25) is 13.9 Å². The molecule has 0 fully saturated rings. The topological polar surface area (TPSA) is 86.8 Å². The highest BCUT2D eigenvalue weighted by Crippen LogP contribution is 2.31. The minimum atomic E-state index is -3.96. The Morgan fingerprint density at radius 3 is 2.11 bits per heavy atom. The number of sulfonamides is 1. The number of nitrogens with one attached hydrogen (secondary N) is 1. The molecule has 35 heavy (non-hydrogen) atoms. The van der Waals surface area contributed by atoms with E-state index in [2.05, 4.69) is 5.32 Å². The number of nitrogens with zero attached hydrogens (tertiary/aromatic N) is 2. The lowest BCUT2D eigenvalue weighted by Crippen LogP contribution is -2.53. The Labute approximate surface area is 226 Å². The summed E-state index contributed by atoms with van der Waals surface area (Å²) in [5.74, 6) is -1.03. The minimum Gasteiger partial charge on any atom is -0.352 e. The Balaban J connectivity index is 2.55. The van der Waals surface area contributed by atoms with E-state index in [0.29, 0.717) is 15.6 Å². The lowest BCUT2D eigenvalue weighted by molar-refractivity contribution is -0.140. The molecule has 1 N–H and O–H groups in total. The van der Waals surface area contributed by atoms with Gasteiger partial charge in [-0.25, -0.2) is 8.42 Å². The van der Waals surface area contributed by atoms with E-state index in [-0.39, 0.29) is 40.6 Å². The van der Waals surface area contributed by atoms with Gasteiger partial charge in [0.2, 0.25) is 21.8 Å². The summed E-state index contributed by atoms with van der Waals surface area (Å²) in [7, 11) is -3.96. The van der Waals surface area contributed by atoms with Gasteiger partial charge in [-0.15, -0.1) is 0 Å². The SMILES string of the molecule is CCC(C(=O)NC(C)C)N(Cc1c(Cl)cccc1Cl)C(=O)CN(c1cc(Cl)ccc1Cl)S(C)(=O)=O. The second-order valence-corrected chi connectivity index (χ2v) is 11.7. The number of hydrogen-bond acceptors (Lipinski definition) is 4. The molecule has 7 nitrogen and oxygen atoms in total. The van der Waals surface area contributed by atoms with Crippen LogP contribution >= 0.6 is 46.4 Å². The predicted octanol–water partition coefficient (Wildman–Crippen LogP) is 5.40. The maximum atomic E-state index is 13.7. The van der Waals surface area contributed by atoms with Gasteiger partial charge in [0.05, 0.1) is 17.0 Å². The van der Waals surface area contributed by atoms with Gasteiger partial charge in [-0.05, 0) is 50.6 Å². The summed E-state index contributed by atoms with van der Waals surface area (Å²) >= 11 is 25.0. The molecular formula is C23H27Cl4N3O4S. The van der Waals surface area contributed by atoms with Crippen molar-refractivity contribution in [2.45, 2.75) is 45.8 Å². The maximum Gasteiger partial charge on any atom is 0.244 e. The highest BCUT2D eigenvalue weighted by Gasteiger charge is 2.33. The number of carbonyl (C=O) groups excluding carboxylic acids is 2. The first kappa shape index (κ1) is 29.5. The molecule has 0 aromatic heterocycles. The number of halogens is 4. The molecule has 2 aromatic carbocycles.